The minimum absolute atomic E-state index is 0.684. The van der Waals surface area contributed by atoms with Crippen LogP contribution in [0.1, 0.15) is 11.3 Å². The Bertz CT molecular complexity index is 476. The molecule has 0 aromatic carbocycles. The fourth-order valence-corrected chi connectivity index (χ4v) is 1.26. The molecule has 0 spiro atoms. The van der Waals surface area contributed by atoms with E-state index >= 15 is 0 Å². The van der Waals surface area contributed by atoms with Crippen LogP contribution in [-0.2, 0) is 0 Å². The molecule has 3 N–H and O–H groups in total. The summed E-state index contributed by atoms with van der Waals surface area (Å²) in [6.45, 7) is 3.84. The number of aryl methyl sites for hydroxylation is 2. The first-order valence-electron chi connectivity index (χ1n) is 4.71. The Morgan fingerprint density at radius 2 is 2.13 bits per heavy atom. The molecule has 2 rings (SSSR count). The van der Waals surface area contributed by atoms with E-state index in [0.29, 0.717) is 11.6 Å². The molecule has 2 aromatic heterocycles. The van der Waals surface area contributed by atoms with Gasteiger partial charge in [0.25, 0.3) is 0 Å². The first kappa shape index (κ1) is 9.58. The van der Waals surface area contributed by atoms with Crippen molar-refractivity contribution in [3.8, 4) is 0 Å². The van der Waals surface area contributed by atoms with Crippen LogP contribution in [0, 0.1) is 13.8 Å². The van der Waals surface area contributed by atoms with Crippen molar-refractivity contribution in [3.05, 3.63) is 35.7 Å². The van der Waals surface area contributed by atoms with E-state index in [-0.39, 0.29) is 0 Å². The molecular weight excluding hydrogens is 190 g/mol. The van der Waals surface area contributed by atoms with Gasteiger partial charge < -0.3 is 15.5 Å². The maximum absolute atomic E-state index is 5.67. The summed E-state index contributed by atoms with van der Waals surface area (Å²) in [4.78, 5) is 4.15. The number of nitrogens with two attached hydrogens (primary N) is 1. The number of anilines is 3. The number of aromatic nitrogens is 1. The van der Waals surface area contributed by atoms with Gasteiger partial charge in [-0.25, -0.2) is 4.98 Å². The second-order valence-corrected chi connectivity index (χ2v) is 3.46. The van der Waals surface area contributed by atoms with E-state index in [1.165, 1.54) is 0 Å². The molecule has 0 bridgehead atoms. The zero-order valence-electron chi connectivity index (χ0n) is 8.74. The van der Waals surface area contributed by atoms with Crippen LogP contribution in [-0.4, -0.2) is 4.98 Å². The van der Waals surface area contributed by atoms with Gasteiger partial charge in [-0.1, -0.05) is 0 Å². The Morgan fingerprint density at radius 1 is 1.33 bits per heavy atom. The summed E-state index contributed by atoms with van der Waals surface area (Å²) in [6.07, 6.45) is 1.63. The third kappa shape index (κ3) is 2.10. The molecule has 0 aliphatic rings. The molecule has 78 valence electrons. The summed E-state index contributed by atoms with van der Waals surface area (Å²) >= 11 is 0. The van der Waals surface area contributed by atoms with Gasteiger partial charge in [0.2, 0.25) is 0 Å². The predicted molar refractivity (Wildman–Crippen MR) is 60.1 cm³/mol. The number of hydrogen-bond donors (Lipinski definition) is 2. The summed E-state index contributed by atoms with van der Waals surface area (Å²) in [7, 11) is 0. The predicted octanol–water partition coefficient (Wildman–Crippen LogP) is 2.62. The molecular formula is C11H13N3O. The quantitative estimate of drug-likeness (QED) is 0.787. The van der Waals surface area contributed by atoms with Crippen molar-refractivity contribution in [1.82, 2.24) is 4.98 Å². The lowest BCUT2D eigenvalue weighted by atomic mass is 10.2. The number of rotatable bonds is 2. The molecule has 2 aromatic rings. The summed E-state index contributed by atoms with van der Waals surface area (Å²) in [5.74, 6) is 2.28. The standard InChI is InChI=1S/C11H13N3O/c1-7-5-10(13-6-9(7)12)14-11-4-3-8(2)15-11/h3-6H,12H2,1-2H3,(H,13,14). The zero-order chi connectivity index (χ0) is 10.8. The Kier molecular flexibility index (Phi) is 2.33. The maximum atomic E-state index is 5.67. The highest BCUT2D eigenvalue weighted by atomic mass is 16.4. The highest BCUT2D eigenvalue weighted by Gasteiger charge is 2.01. The molecule has 0 amide bonds. The molecule has 0 saturated heterocycles. The SMILES string of the molecule is Cc1ccc(Nc2cc(C)c(N)cn2)o1. The Morgan fingerprint density at radius 3 is 2.73 bits per heavy atom. The molecule has 4 heteroatoms. The molecule has 0 atom stereocenters. The number of furan rings is 1. The van der Waals surface area contributed by atoms with Gasteiger partial charge in [-0.3, -0.25) is 0 Å². The maximum Gasteiger partial charge on any atom is 0.198 e. The highest BCUT2D eigenvalue weighted by molar-refractivity contribution is 5.56. The fraction of sp³-hybridized carbons (Fsp3) is 0.182. The largest absolute Gasteiger partial charge is 0.446 e. The van der Waals surface area contributed by atoms with E-state index in [9.17, 15) is 0 Å². The van der Waals surface area contributed by atoms with Crippen molar-refractivity contribution in [2.45, 2.75) is 13.8 Å². The monoisotopic (exact) mass is 203 g/mol. The van der Waals surface area contributed by atoms with Crippen molar-refractivity contribution < 1.29 is 4.42 Å². The Hall–Kier alpha value is -1.97. The van der Waals surface area contributed by atoms with E-state index in [4.69, 9.17) is 10.2 Å². The molecule has 0 fully saturated rings. The lowest BCUT2D eigenvalue weighted by Gasteiger charge is -2.04. The van der Waals surface area contributed by atoms with Gasteiger partial charge in [-0.05, 0) is 31.5 Å². The summed E-state index contributed by atoms with van der Waals surface area (Å²) in [5, 5.41) is 3.06. The van der Waals surface area contributed by atoms with Crippen LogP contribution >= 0.6 is 0 Å². The minimum atomic E-state index is 0.684. The average Bonchev–Trinajstić information content (AvgIpc) is 2.58. The van der Waals surface area contributed by atoms with Crippen molar-refractivity contribution in [1.29, 1.82) is 0 Å². The first-order valence-corrected chi connectivity index (χ1v) is 4.71. The molecule has 0 aliphatic heterocycles. The summed E-state index contributed by atoms with van der Waals surface area (Å²) in [5.41, 5.74) is 7.36. The second-order valence-electron chi connectivity index (χ2n) is 3.46. The zero-order valence-corrected chi connectivity index (χ0v) is 8.74. The average molecular weight is 203 g/mol. The molecule has 0 radical (unpaired) electrons. The normalized spacial score (nSPS) is 10.3. The summed E-state index contributed by atoms with van der Waals surface area (Å²) < 4.78 is 5.38. The molecule has 2 heterocycles. The van der Waals surface area contributed by atoms with Gasteiger partial charge in [0.1, 0.15) is 11.6 Å². The number of hydrogen-bond acceptors (Lipinski definition) is 4. The summed E-state index contributed by atoms with van der Waals surface area (Å²) in [6, 6.07) is 5.64. The Balaban J connectivity index is 2.21. The van der Waals surface area contributed by atoms with Gasteiger partial charge in [0, 0.05) is 6.07 Å². The molecule has 0 unspecified atom stereocenters. The fourth-order valence-electron chi connectivity index (χ4n) is 1.26. The van der Waals surface area contributed by atoms with Crippen LogP contribution in [0.4, 0.5) is 17.4 Å². The topological polar surface area (TPSA) is 64.1 Å². The van der Waals surface area contributed by atoms with Crippen LogP contribution in [0.25, 0.3) is 0 Å². The second kappa shape index (κ2) is 3.65. The first-order chi connectivity index (χ1) is 7.15. The van der Waals surface area contributed by atoms with Gasteiger partial charge in [-0.15, -0.1) is 0 Å². The van der Waals surface area contributed by atoms with E-state index in [2.05, 4.69) is 10.3 Å². The van der Waals surface area contributed by atoms with E-state index < -0.39 is 0 Å². The minimum Gasteiger partial charge on any atom is -0.446 e. The number of nitrogens with one attached hydrogen (secondary N) is 1. The lowest BCUT2D eigenvalue weighted by Crippen LogP contribution is -1.96. The van der Waals surface area contributed by atoms with Gasteiger partial charge >= 0.3 is 0 Å². The van der Waals surface area contributed by atoms with E-state index in [1.54, 1.807) is 6.20 Å². The van der Waals surface area contributed by atoms with Crippen LogP contribution in [0.3, 0.4) is 0 Å². The molecule has 15 heavy (non-hydrogen) atoms. The van der Waals surface area contributed by atoms with Crippen molar-refractivity contribution in [3.63, 3.8) is 0 Å². The van der Waals surface area contributed by atoms with Crippen LogP contribution in [0.2, 0.25) is 0 Å². The van der Waals surface area contributed by atoms with Crippen molar-refractivity contribution in [2.75, 3.05) is 11.1 Å². The lowest BCUT2D eigenvalue weighted by molar-refractivity contribution is 0.551. The third-order valence-corrected chi connectivity index (χ3v) is 2.14. The van der Waals surface area contributed by atoms with Crippen LogP contribution in [0.5, 0.6) is 0 Å². The van der Waals surface area contributed by atoms with E-state index in [1.807, 2.05) is 32.0 Å². The third-order valence-electron chi connectivity index (χ3n) is 2.14. The van der Waals surface area contributed by atoms with Gasteiger partial charge in [0.15, 0.2) is 5.88 Å². The van der Waals surface area contributed by atoms with Crippen molar-refractivity contribution in [2.24, 2.45) is 0 Å². The molecule has 4 nitrogen and oxygen atoms in total. The smallest absolute Gasteiger partial charge is 0.198 e. The van der Waals surface area contributed by atoms with Crippen LogP contribution < -0.4 is 11.1 Å². The van der Waals surface area contributed by atoms with Gasteiger partial charge in [0.05, 0.1) is 11.9 Å². The number of nitrogens with zero attached hydrogens (tertiary/aromatic N) is 1. The Labute approximate surface area is 88.1 Å². The van der Waals surface area contributed by atoms with Gasteiger partial charge in [-0.2, -0.15) is 0 Å². The molecule has 0 saturated carbocycles. The van der Waals surface area contributed by atoms with E-state index in [0.717, 1.165) is 17.1 Å². The highest BCUT2D eigenvalue weighted by Crippen LogP contribution is 2.19. The van der Waals surface area contributed by atoms with Crippen LogP contribution in [0.15, 0.2) is 28.8 Å². The molecule has 0 aliphatic carbocycles. The number of nitrogen functional groups attached to an aromatic ring is 1. The number of pyridine rings is 1. The van der Waals surface area contributed by atoms with Crippen molar-refractivity contribution >= 4 is 17.4 Å².